The Morgan fingerprint density at radius 1 is 1.41 bits per heavy atom. The molecule has 0 saturated heterocycles. The van der Waals surface area contributed by atoms with Gasteiger partial charge in [0.2, 0.25) is 5.91 Å². The van der Waals surface area contributed by atoms with Gasteiger partial charge in [-0.2, -0.15) is 0 Å². The van der Waals surface area contributed by atoms with Crippen LogP contribution in [0.15, 0.2) is 6.20 Å². The number of anilines is 1. The van der Waals surface area contributed by atoms with Crippen molar-refractivity contribution in [2.75, 3.05) is 11.9 Å². The zero-order valence-electron chi connectivity index (χ0n) is 10.3. The van der Waals surface area contributed by atoms with Crippen molar-refractivity contribution in [3.05, 3.63) is 17.6 Å². The smallest absolute Gasteiger partial charge is 0.221 e. The fourth-order valence-corrected chi connectivity index (χ4v) is 1.46. The summed E-state index contributed by atoms with van der Waals surface area (Å²) in [5.74, 6) is 0.837. The number of rotatable bonds is 5. The van der Waals surface area contributed by atoms with Crippen molar-refractivity contribution in [3.63, 3.8) is 0 Å². The summed E-state index contributed by atoms with van der Waals surface area (Å²) in [6.45, 7) is 4.44. The highest BCUT2D eigenvalue weighted by molar-refractivity contribution is 5.77. The van der Waals surface area contributed by atoms with E-state index in [1.54, 1.807) is 6.20 Å². The molecule has 1 saturated carbocycles. The average Bonchev–Trinajstić information content (AvgIpc) is 3.07. The molecular weight excluding hydrogens is 216 g/mol. The summed E-state index contributed by atoms with van der Waals surface area (Å²) in [6.07, 6.45) is 4.43. The Morgan fingerprint density at radius 2 is 2.18 bits per heavy atom. The van der Waals surface area contributed by atoms with Crippen molar-refractivity contribution in [2.24, 2.45) is 0 Å². The third-order valence-electron chi connectivity index (χ3n) is 2.79. The second kappa shape index (κ2) is 5.12. The Morgan fingerprint density at radius 3 is 2.82 bits per heavy atom. The highest BCUT2D eigenvalue weighted by Crippen LogP contribution is 2.18. The predicted molar refractivity (Wildman–Crippen MR) is 65.8 cm³/mol. The Bertz CT molecular complexity index is 415. The maximum atomic E-state index is 11.4. The van der Waals surface area contributed by atoms with Crippen LogP contribution in [-0.4, -0.2) is 28.5 Å². The van der Waals surface area contributed by atoms with Gasteiger partial charge in [-0.3, -0.25) is 9.78 Å². The molecule has 92 valence electrons. The molecule has 17 heavy (non-hydrogen) atoms. The largest absolute Gasteiger partial charge is 0.368 e. The van der Waals surface area contributed by atoms with Crippen molar-refractivity contribution in [1.29, 1.82) is 0 Å². The number of aryl methyl sites for hydroxylation is 2. The zero-order valence-corrected chi connectivity index (χ0v) is 10.3. The highest BCUT2D eigenvalue weighted by Gasteiger charge is 2.22. The number of hydrogen-bond acceptors (Lipinski definition) is 4. The molecule has 1 aliphatic carbocycles. The van der Waals surface area contributed by atoms with Crippen LogP contribution < -0.4 is 10.6 Å². The van der Waals surface area contributed by atoms with E-state index in [1.807, 2.05) is 13.8 Å². The van der Waals surface area contributed by atoms with E-state index >= 15 is 0 Å². The molecule has 1 fully saturated rings. The van der Waals surface area contributed by atoms with Crippen molar-refractivity contribution < 1.29 is 4.79 Å². The number of amides is 1. The molecule has 0 radical (unpaired) electrons. The SMILES string of the molecule is Cc1ncc(NCCC(=O)NC2CC2)nc1C. The van der Waals surface area contributed by atoms with E-state index in [-0.39, 0.29) is 5.91 Å². The van der Waals surface area contributed by atoms with Crippen LogP contribution in [0.2, 0.25) is 0 Å². The van der Waals surface area contributed by atoms with E-state index in [2.05, 4.69) is 20.6 Å². The number of aromatic nitrogens is 2. The first kappa shape index (κ1) is 11.8. The minimum Gasteiger partial charge on any atom is -0.368 e. The first-order valence-electron chi connectivity index (χ1n) is 5.98. The van der Waals surface area contributed by atoms with Gasteiger partial charge in [-0.15, -0.1) is 0 Å². The van der Waals surface area contributed by atoms with Crippen LogP contribution in [0.1, 0.15) is 30.7 Å². The molecule has 5 nitrogen and oxygen atoms in total. The Balaban J connectivity index is 1.73. The molecule has 2 N–H and O–H groups in total. The lowest BCUT2D eigenvalue weighted by Crippen LogP contribution is -2.27. The topological polar surface area (TPSA) is 66.9 Å². The third kappa shape index (κ3) is 3.69. The molecule has 0 atom stereocenters. The van der Waals surface area contributed by atoms with Gasteiger partial charge in [-0.1, -0.05) is 0 Å². The van der Waals surface area contributed by atoms with E-state index in [1.165, 1.54) is 0 Å². The minimum atomic E-state index is 0.108. The van der Waals surface area contributed by atoms with E-state index in [0.29, 0.717) is 19.0 Å². The molecule has 0 aliphatic heterocycles. The van der Waals surface area contributed by atoms with Gasteiger partial charge in [-0.25, -0.2) is 4.98 Å². The van der Waals surface area contributed by atoms with Crippen LogP contribution in [-0.2, 0) is 4.79 Å². The normalized spacial score (nSPS) is 14.5. The summed E-state index contributed by atoms with van der Waals surface area (Å²) in [6, 6.07) is 0.434. The van der Waals surface area contributed by atoms with E-state index in [9.17, 15) is 4.79 Å². The summed E-state index contributed by atoms with van der Waals surface area (Å²) in [4.78, 5) is 20.0. The molecule has 1 amide bonds. The average molecular weight is 234 g/mol. The summed E-state index contributed by atoms with van der Waals surface area (Å²) in [5, 5.41) is 6.05. The van der Waals surface area contributed by atoms with Gasteiger partial charge in [0.15, 0.2) is 0 Å². The number of nitrogens with zero attached hydrogens (tertiary/aromatic N) is 2. The maximum absolute atomic E-state index is 11.4. The highest BCUT2D eigenvalue weighted by atomic mass is 16.1. The quantitative estimate of drug-likeness (QED) is 0.802. The molecule has 5 heteroatoms. The standard InChI is InChI=1S/C12H18N4O/c1-8-9(2)15-11(7-14-8)13-6-5-12(17)16-10-3-4-10/h7,10H,3-6H2,1-2H3,(H,13,15)(H,16,17). The van der Waals surface area contributed by atoms with Gasteiger partial charge in [0.05, 0.1) is 17.6 Å². The molecule has 2 rings (SSSR count). The number of hydrogen-bond donors (Lipinski definition) is 2. The molecule has 1 aromatic heterocycles. The third-order valence-corrected chi connectivity index (χ3v) is 2.79. The van der Waals surface area contributed by atoms with Gasteiger partial charge < -0.3 is 10.6 Å². The van der Waals surface area contributed by atoms with Crippen LogP contribution in [0.3, 0.4) is 0 Å². The summed E-state index contributed by atoms with van der Waals surface area (Å²) in [7, 11) is 0. The maximum Gasteiger partial charge on any atom is 0.221 e. The second-order valence-electron chi connectivity index (χ2n) is 4.44. The van der Waals surface area contributed by atoms with Gasteiger partial charge >= 0.3 is 0 Å². The van der Waals surface area contributed by atoms with Crippen LogP contribution >= 0.6 is 0 Å². The summed E-state index contributed by atoms with van der Waals surface area (Å²) in [5.41, 5.74) is 1.85. The van der Waals surface area contributed by atoms with Crippen LogP contribution in [0.25, 0.3) is 0 Å². The Kier molecular flexibility index (Phi) is 3.56. The molecule has 0 aromatic carbocycles. The van der Waals surface area contributed by atoms with E-state index in [4.69, 9.17) is 0 Å². The Hall–Kier alpha value is -1.65. The number of nitrogens with one attached hydrogen (secondary N) is 2. The number of carbonyl (C=O) groups is 1. The molecule has 0 spiro atoms. The minimum absolute atomic E-state index is 0.108. The summed E-state index contributed by atoms with van der Waals surface area (Å²) >= 11 is 0. The lowest BCUT2D eigenvalue weighted by Gasteiger charge is -2.07. The van der Waals surface area contributed by atoms with Crippen LogP contribution in [0, 0.1) is 13.8 Å². The Labute approximate surface area is 101 Å². The molecule has 1 heterocycles. The van der Waals surface area contributed by atoms with E-state index in [0.717, 1.165) is 30.0 Å². The van der Waals surface area contributed by atoms with Crippen molar-refractivity contribution in [1.82, 2.24) is 15.3 Å². The molecule has 0 unspecified atom stereocenters. The van der Waals surface area contributed by atoms with Crippen LogP contribution in [0.5, 0.6) is 0 Å². The van der Waals surface area contributed by atoms with Crippen LogP contribution in [0.4, 0.5) is 5.82 Å². The lowest BCUT2D eigenvalue weighted by molar-refractivity contribution is -0.120. The van der Waals surface area contributed by atoms with Gasteiger partial charge in [0.25, 0.3) is 0 Å². The molecule has 1 aliphatic rings. The molecule has 1 aromatic rings. The molecular formula is C12H18N4O. The fraction of sp³-hybridized carbons (Fsp3) is 0.583. The van der Waals surface area contributed by atoms with Crippen molar-refractivity contribution in [2.45, 2.75) is 39.2 Å². The fourth-order valence-electron chi connectivity index (χ4n) is 1.46. The van der Waals surface area contributed by atoms with Gasteiger partial charge in [-0.05, 0) is 26.7 Å². The molecule has 0 bridgehead atoms. The first-order chi connectivity index (χ1) is 8.15. The monoisotopic (exact) mass is 234 g/mol. The first-order valence-corrected chi connectivity index (χ1v) is 5.98. The van der Waals surface area contributed by atoms with Gasteiger partial charge in [0.1, 0.15) is 5.82 Å². The van der Waals surface area contributed by atoms with Gasteiger partial charge in [0, 0.05) is 19.0 Å². The van der Waals surface area contributed by atoms with Crippen molar-refractivity contribution in [3.8, 4) is 0 Å². The number of carbonyl (C=O) groups excluding carboxylic acids is 1. The predicted octanol–water partition coefficient (Wildman–Crippen LogP) is 1.17. The van der Waals surface area contributed by atoms with E-state index < -0.39 is 0 Å². The lowest BCUT2D eigenvalue weighted by atomic mass is 10.3. The summed E-state index contributed by atoms with van der Waals surface area (Å²) < 4.78 is 0. The second-order valence-corrected chi connectivity index (χ2v) is 4.44. The zero-order chi connectivity index (χ0) is 12.3. The van der Waals surface area contributed by atoms with Crippen molar-refractivity contribution >= 4 is 11.7 Å².